The zero-order valence-electron chi connectivity index (χ0n) is 10.2. The van der Waals surface area contributed by atoms with Crippen LogP contribution in [0, 0.1) is 5.41 Å². The monoisotopic (exact) mass is 212 g/mol. The van der Waals surface area contributed by atoms with Crippen LogP contribution in [0.25, 0.3) is 0 Å². The average Bonchev–Trinajstić information content (AvgIpc) is 2.51. The molecule has 1 aliphatic heterocycles. The lowest BCUT2D eigenvalue weighted by atomic mass is 9.64. The van der Waals surface area contributed by atoms with Crippen LogP contribution in [-0.2, 0) is 14.3 Å². The molecule has 1 saturated carbocycles. The summed E-state index contributed by atoms with van der Waals surface area (Å²) in [6.07, 6.45) is 1.73. The highest BCUT2D eigenvalue weighted by Gasteiger charge is 2.73. The van der Waals surface area contributed by atoms with Crippen LogP contribution in [-0.4, -0.2) is 23.3 Å². The van der Waals surface area contributed by atoms with E-state index in [9.17, 15) is 4.79 Å². The highest BCUT2D eigenvalue weighted by Crippen LogP contribution is 2.65. The van der Waals surface area contributed by atoms with E-state index in [-0.39, 0.29) is 28.7 Å². The molecule has 0 aromatic heterocycles. The number of carbonyl (C=O) groups is 1. The van der Waals surface area contributed by atoms with E-state index >= 15 is 0 Å². The number of ether oxygens (including phenoxy) is 2. The van der Waals surface area contributed by atoms with Gasteiger partial charge in [0.25, 0.3) is 0 Å². The van der Waals surface area contributed by atoms with Gasteiger partial charge in [0.2, 0.25) is 0 Å². The molecule has 0 unspecified atom stereocenters. The fourth-order valence-electron chi connectivity index (χ4n) is 3.10. The minimum Gasteiger partial charge on any atom is -0.462 e. The Morgan fingerprint density at radius 2 is 1.87 bits per heavy atom. The molecule has 0 aromatic carbocycles. The second-order valence-electron chi connectivity index (χ2n) is 5.89. The molecule has 1 heterocycles. The van der Waals surface area contributed by atoms with E-state index in [0.29, 0.717) is 0 Å². The molecule has 0 N–H and O–H groups in total. The fourth-order valence-corrected chi connectivity index (χ4v) is 3.10. The molecule has 3 nitrogen and oxygen atoms in total. The molecule has 0 amide bonds. The molecule has 2 fully saturated rings. The van der Waals surface area contributed by atoms with Gasteiger partial charge in [-0.05, 0) is 25.7 Å². The number of rotatable bonds is 1. The Morgan fingerprint density at radius 3 is 2.33 bits per heavy atom. The fraction of sp³-hybridized carbons (Fsp3) is 0.917. The van der Waals surface area contributed by atoms with Crippen LogP contribution in [0.1, 0.15) is 47.5 Å². The predicted octanol–water partition coefficient (Wildman–Crippen LogP) is 2.29. The lowest BCUT2D eigenvalue weighted by Gasteiger charge is -2.39. The first-order valence-electron chi connectivity index (χ1n) is 5.58. The van der Waals surface area contributed by atoms with Crippen molar-refractivity contribution in [2.75, 3.05) is 0 Å². The first kappa shape index (κ1) is 10.9. The Balaban J connectivity index is 2.15. The molecule has 3 heteroatoms. The van der Waals surface area contributed by atoms with Crippen molar-refractivity contribution in [1.82, 2.24) is 0 Å². The molecular weight excluding hydrogens is 192 g/mol. The maximum Gasteiger partial charge on any atom is 0.302 e. The Kier molecular flexibility index (Phi) is 2.01. The van der Waals surface area contributed by atoms with E-state index in [2.05, 4.69) is 27.7 Å². The minimum atomic E-state index is -0.191. The van der Waals surface area contributed by atoms with Crippen molar-refractivity contribution in [2.45, 2.75) is 64.8 Å². The molecule has 0 spiro atoms. The van der Waals surface area contributed by atoms with Crippen LogP contribution in [0.15, 0.2) is 0 Å². The second kappa shape index (κ2) is 2.76. The summed E-state index contributed by atoms with van der Waals surface area (Å²) in [7, 11) is 0. The van der Waals surface area contributed by atoms with Crippen LogP contribution in [0.5, 0.6) is 0 Å². The van der Waals surface area contributed by atoms with E-state index in [4.69, 9.17) is 9.47 Å². The van der Waals surface area contributed by atoms with E-state index in [1.807, 2.05) is 0 Å². The number of hydrogen-bond donors (Lipinski definition) is 0. The molecule has 1 aliphatic carbocycles. The zero-order chi connectivity index (χ0) is 11.5. The number of epoxide rings is 1. The van der Waals surface area contributed by atoms with Gasteiger partial charge >= 0.3 is 5.97 Å². The maximum absolute atomic E-state index is 11.0. The lowest BCUT2D eigenvalue weighted by Crippen LogP contribution is -2.46. The highest BCUT2D eigenvalue weighted by molar-refractivity contribution is 5.66. The average molecular weight is 212 g/mol. The van der Waals surface area contributed by atoms with Crippen molar-refractivity contribution < 1.29 is 14.3 Å². The lowest BCUT2D eigenvalue weighted by molar-refractivity contribution is -0.150. The van der Waals surface area contributed by atoms with Gasteiger partial charge < -0.3 is 9.47 Å². The first-order chi connectivity index (χ1) is 6.70. The summed E-state index contributed by atoms with van der Waals surface area (Å²) in [4.78, 5) is 11.0. The van der Waals surface area contributed by atoms with Gasteiger partial charge in [-0.2, -0.15) is 0 Å². The van der Waals surface area contributed by atoms with Gasteiger partial charge in [-0.15, -0.1) is 0 Å². The van der Waals surface area contributed by atoms with Gasteiger partial charge in [-0.25, -0.2) is 0 Å². The van der Waals surface area contributed by atoms with Crippen molar-refractivity contribution in [2.24, 2.45) is 5.41 Å². The highest BCUT2D eigenvalue weighted by atomic mass is 16.6. The summed E-state index contributed by atoms with van der Waals surface area (Å²) in [5.41, 5.74) is -0.0777. The Morgan fingerprint density at radius 1 is 1.27 bits per heavy atom. The summed E-state index contributed by atoms with van der Waals surface area (Å²) in [5, 5.41) is 0. The van der Waals surface area contributed by atoms with Gasteiger partial charge in [0, 0.05) is 13.3 Å². The number of hydrogen-bond acceptors (Lipinski definition) is 3. The maximum atomic E-state index is 11.0. The number of fused-ring (bicyclic) bond motifs is 1. The van der Waals surface area contributed by atoms with Crippen molar-refractivity contribution >= 4 is 5.97 Å². The summed E-state index contributed by atoms with van der Waals surface area (Å²) in [5.74, 6) is -0.191. The van der Waals surface area contributed by atoms with Gasteiger partial charge in [0.05, 0.1) is 5.60 Å². The predicted molar refractivity (Wildman–Crippen MR) is 56.5 cm³/mol. The topological polar surface area (TPSA) is 38.8 Å². The van der Waals surface area contributed by atoms with Crippen LogP contribution < -0.4 is 0 Å². The van der Waals surface area contributed by atoms with Crippen LogP contribution in [0.4, 0.5) is 0 Å². The normalized spacial score (nSPS) is 46.9. The standard InChI is InChI=1S/C12H20O3/c1-8(13)14-9-6-10(2,3)12(5)11(4,7-9)15-12/h9H,6-7H2,1-5H3/t9-,11+,12-/m0/s1. The molecule has 15 heavy (non-hydrogen) atoms. The van der Waals surface area contributed by atoms with Gasteiger partial charge in [-0.1, -0.05) is 13.8 Å². The summed E-state index contributed by atoms with van der Waals surface area (Å²) >= 11 is 0. The van der Waals surface area contributed by atoms with Crippen molar-refractivity contribution in [3.05, 3.63) is 0 Å². The number of carbonyl (C=O) groups excluding carboxylic acids is 1. The smallest absolute Gasteiger partial charge is 0.302 e. The molecule has 2 aliphatic rings. The van der Waals surface area contributed by atoms with Gasteiger partial charge in [0.15, 0.2) is 0 Å². The van der Waals surface area contributed by atoms with Crippen LogP contribution in [0.3, 0.4) is 0 Å². The van der Waals surface area contributed by atoms with Gasteiger partial charge in [-0.3, -0.25) is 4.79 Å². The number of esters is 1. The minimum absolute atomic E-state index is 0.0121. The van der Waals surface area contributed by atoms with Crippen molar-refractivity contribution in [3.63, 3.8) is 0 Å². The molecule has 1 saturated heterocycles. The molecule has 0 aromatic rings. The van der Waals surface area contributed by atoms with E-state index in [1.165, 1.54) is 6.92 Å². The first-order valence-corrected chi connectivity index (χ1v) is 5.58. The molecule has 0 bridgehead atoms. The summed E-state index contributed by atoms with van der Waals surface area (Å²) < 4.78 is 11.2. The largest absolute Gasteiger partial charge is 0.462 e. The molecule has 0 radical (unpaired) electrons. The third-order valence-corrected chi connectivity index (χ3v) is 4.38. The summed E-state index contributed by atoms with van der Waals surface area (Å²) in [6, 6.07) is 0. The molecule has 2 rings (SSSR count). The van der Waals surface area contributed by atoms with E-state index in [0.717, 1.165) is 12.8 Å². The van der Waals surface area contributed by atoms with Crippen molar-refractivity contribution in [1.29, 1.82) is 0 Å². The SMILES string of the molecule is CC(=O)O[C@H]1CC(C)(C)[C@]2(C)O[C@]2(C)C1. The van der Waals surface area contributed by atoms with E-state index < -0.39 is 0 Å². The van der Waals surface area contributed by atoms with Crippen molar-refractivity contribution in [3.8, 4) is 0 Å². The summed E-state index contributed by atoms with van der Waals surface area (Å²) in [6.45, 7) is 10.1. The van der Waals surface area contributed by atoms with Gasteiger partial charge in [0.1, 0.15) is 11.7 Å². The third-order valence-electron chi connectivity index (χ3n) is 4.38. The van der Waals surface area contributed by atoms with E-state index in [1.54, 1.807) is 0 Å². The molecule has 3 atom stereocenters. The van der Waals surface area contributed by atoms with Crippen LogP contribution >= 0.6 is 0 Å². The third kappa shape index (κ3) is 1.40. The quantitative estimate of drug-likeness (QED) is 0.494. The Hall–Kier alpha value is -0.570. The van der Waals surface area contributed by atoms with Crippen LogP contribution in [0.2, 0.25) is 0 Å². The Bertz CT molecular complexity index is 310. The second-order valence-corrected chi connectivity index (χ2v) is 5.89. The molecular formula is C12H20O3. The zero-order valence-corrected chi connectivity index (χ0v) is 10.2. The molecule has 86 valence electrons. The Labute approximate surface area is 91.1 Å².